The maximum Gasteiger partial charge on any atom is 0.416 e. The normalized spacial score (nSPS) is 13.9. The molecule has 7 heteroatoms. The van der Waals surface area contributed by atoms with Crippen molar-refractivity contribution >= 4 is 24.0 Å². The zero-order valence-corrected chi connectivity index (χ0v) is 11.5. The van der Waals surface area contributed by atoms with E-state index in [1.54, 1.807) is 6.92 Å². The van der Waals surface area contributed by atoms with Crippen molar-refractivity contribution in [2.75, 3.05) is 6.54 Å². The zero-order valence-electron chi connectivity index (χ0n) is 9.97. The first kappa shape index (κ1) is 18.2. The molecule has 0 aliphatic heterocycles. The highest BCUT2D eigenvalue weighted by Crippen LogP contribution is 2.33. The van der Waals surface area contributed by atoms with E-state index < -0.39 is 23.5 Å². The van der Waals surface area contributed by atoms with Gasteiger partial charge in [0.1, 0.15) is 5.82 Å². The Morgan fingerprint density at radius 1 is 1.37 bits per heavy atom. The summed E-state index contributed by atoms with van der Waals surface area (Å²) in [5, 5.41) is 0. The van der Waals surface area contributed by atoms with Crippen LogP contribution in [-0.4, -0.2) is 6.54 Å². The van der Waals surface area contributed by atoms with Crippen LogP contribution in [0.1, 0.15) is 24.0 Å². The number of halogens is 6. The molecule has 0 amide bonds. The lowest BCUT2D eigenvalue weighted by Gasteiger charge is -2.16. The van der Waals surface area contributed by atoms with Gasteiger partial charge in [0.15, 0.2) is 0 Å². The second-order valence-corrected chi connectivity index (χ2v) is 4.10. The van der Waals surface area contributed by atoms with E-state index in [1.165, 1.54) is 5.54 Å². The highest BCUT2D eigenvalue weighted by atomic mass is 35.5. The second-order valence-electron chi connectivity index (χ2n) is 3.88. The Morgan fingerprint density at radius 3 is 2.37 bits per heavy atom. The van der Waals surface area contributed by atoms with E-state index in [-0.39, 0.29) is 24.5 Å². The van der Waals surface area contributed by atoms with Gasteiger partial charge in [0.05, 0.1) is 5.56 Å². The maximum atomic E-state index is 13.2. The molecular formula is C12H13Cl2F4N. The molecule has 0 bridgehead atoms. The number of nitrogens with two attached hydrogens (primary N) is 1. The highest BCUT2D eigenvalue weighted by Gasteiger charge is 2.31. The van der Waals surface area contributed by atoms with Gasteiger partial charge in [-0.1, -0.05) is 18.5 Å². The minimum absolute atomic E-state index is 0. The van der Waals surface area contributed by atoms with Gasteiger partial charge < -0.3 is 5.73 Å². The molecule has 2 N–H and O–H groups in total. The molecule has 0 aliphatic carbocycles. The van der Waals surface area contributed by atoms with Crippen LogP contribution in [0.25, 0.3) is 0 Å². The van der Waals surface area contributed by atoms with Crippen molar-refractivity contribution in [1.82, 2.24) is 0 Å². The van der Waals surface area contributed by atoms with Gasteiger partial charge in [-0.25, -0.2) is 4.39 Å². The van der Waals surface area contributed by atoms with E-state index in [0.717, 1.165) is 12.1 Å². The van der Waals surface area contributed by atoms with Crippen LogP contribution in [0.5, 0.6) is 0 Å². The number of rotatable bonds is 3. The quantitative estimate of drug-likeness (QED) is 0.819. The molecular weight excluding hydrogens is 305 g/mol. The van der Waals surface area contributed by atoms with Gasteiger partial charge in [-0.15, -0.1) is 12.4 Å². The molecule has 0 saturated heterocycles. The van der Waals surface area contributed by atoms with Gasteiger partial charge in [0.25, 0.3) is 0 Å². The number of benzene rings is 1. The Morgan fingerprint density at radius 2 is 1.95 bits per heavy atom. The summed E-state index contributed by atoms with van der Waals surface area (Å²) in [7, 11) is 0. The molecule has 1 atom stereocenters. The van der Waals surface area contributed by atoms with Crippen LogP contribution < -0.4 is 5.73 Å². The highest BCUT2D eigenvalue weighted by molar-refractivity contribution is 6.25. The average Bonchev–Trinajstić information content (AvgIpc) is 2.28. The number of hydrogen-bond acceptors (Lipinski definition) is 1. The van der Waals surface area contributed by atoms with Crippen molar-refractivity contribution < 1.29 is 17.6 Å². The van der Waals surface area contributed by atoms with Gasteiger partial charge >= 0.3 is 6.18 Å². The largest absolute Gasteiger partial charge is 0.416 e. The lowest BCUT2D eigenvalue weighted by atomic mass is 9.92. The number of alkyl halides is 3. The summed E-state index contributed by atoms with van der Waals surface area (Å²) in [6.45, 7) is 1.72. The van der Waals surface area contributed by atoms with Crippen molar-refractivity contribution in [1.29, 1.82) is 0 Å². The molecule has 0 radical (unpaired) electrons. The Labute approximate surface area is 119 Å². The molecule has 0 aliphatic rings. The first-order chi connectivity index (χ1) is 8.29. The van der Waals surface area contributed by atoms with Crippen LogP contribution in [0.4, 0.5) is 17.6 Å². The predicted octanol–water partition coefficient (Wildman–Crippen LogP) is 4.45. The zero-order chi connectivity index (χ0) is 13.9. The molecule has 1 aromatic rings. The number of hydrogen-bond donors (Lipinski definition) is 1. The summed E-state index contributed by atoms with van der Waals surface area (Å²) in [5.74, 6) is -1.40. The van der Waals surface area contributed by atoms with Crippen LogP contribution in [0, 0.1) is 5.82 Å². The minimum atomic E-state index is -4.58. The second kappa shape index (κ2) is 7.12. The molecule has 0 spiro atoms. The summed E-state index contributed by atoms with van der Waals surface area (Å²) in [6.07, 6.45) is -4.58. The third kappa shape index (κ3) is 4.67. The van der Waals surface area contributed by atoms with Gasteiger partial charge in [0.2, 0.25) is 0 Å². The van der Waals surface area contributed by atoms with Crippen LogP contribution >= 0.6 is 24.0 Å². The topological polar surface area (TPSA) is 26.0 Å². The standard InChI is InChI=1S/C12H12ClF4N.ClH/c1-7(9(5-13)6-18)8-2-10(12(15,16)17)4-11(14)3-8;/h2-5,7H,6,18H2,1H3;1H/b9-5-;. The van der Waals surface area contributed by atoms with Crippen LogP contribution in [0.2, 0.25) is 0 Å². The summed E-state index contributed by atoms with van der Waals surface area (Å²) >= 11 is 5.52. The molecule has 1 rings (SSSR count). The molecule has 108 valence electrons. The van der Waals surface area contributed by atoms with Crippen LogP contribution in [0.15, 0.2) is 29.3 Å². The lowest BCUT2D eigenvalue weighted by Crippen LogP contribution is -2.11. The Hall–Kier alpha value is -0.780. The first-order valence-corrected chi connectivity index (χ1v) is 5.60. The van der Waals surface area contributed by atoms with E-state index in [0.29, 0.717) is 11.6 Å². The smallest absolute Gasteiger partial charge is 0.327 e. The van der Waals surface area contributed by atoms with Crippen molar-refractivity contribution in [3.63, 3.8) is 0 Å². The van der Waals surface area contributed by atoms with Crippen molar-refractivity contribution in [3.05, 3.63) is 46.3 Å². The van der Waals surface area contributed by atoms with Crippen LogP contribution in [-0.2, 0) is 6.18 Å². The molecule has 1 nitrogen and oxygen atoms in total. The molecule has 19 heavy (non-hydrogen) atoms. The molecule has 0 saturated carbocycles. The molecule has 0 heterocycles. The van der Waals surface area contributed by atoms with E-state index >= 15 is 0 Å². The summed E-state index contributed by atoms with van der Waals surface area (Å²) < 4.78 is 50.8. The predicted molar refractivity (Wildman–Crippen MR) is 70.1 cm³/mol. The van der Waals surface area contributed by atoms with Gasteiger partial charge in [-0.05, 0) is 29.3 Å². The molecule has 1 aromatic carbocycles. The first-order valence-electron chi connectivity index (χ1n) is 5.16. The Kier molecular flexibility index (Phi) is 6.83. The van der Waals surface area contributed by atoms with Crippen molar-refractivity contribution in [2.45, 2.75) is 19.0 Å². The van der Waals surface area contributed by atoms with E-state index in [2.05, 4.69) is 0 Å². The Balaban J connectivity index is 0.00000324. The third-order valence-electron chi connectivity index (χ3n) is 2.68. The van der Waals surface area contributed by atoms with E-state index in [9.17, 15) is 17.6 Å². The fraction of sp³-hybridized carbons (Fsp3) is 0.333. The van der Waals surface area contributed by atoms with Crippen molar-refractivity contribution in [2.24, 2.45) is 5.73 Å². The average molecular weight is 318 g/mol. The minimum Gasteiger partial charge on any atom is -0.327 e. The Bertz CT molecular complexity index is 458. The van der Waals surface area contributed by atoms with Gasteiger partial charge in [-0.3, -0.25) is 0 Å². The van der Waals surface area contributed by atoms with E-state index in [1.807, 2.05) is 0 Å². The fourth-order valence-electron chi connectivity index (χ4n) is 1.56. The molecule has 0 aromatic heterocycles. The monoisotopic (exact) mass is 317 g/mol. The maximum absolute atomic E-state index is 13.2. The van der Waals surface area contributed by atoms with E-state index in [4.69, 9.17) is 17.3 Å². The summed E-state index contributed by atoms with van der Waals surface area (Å²) in [4.78, 5) is 0. The van der Waals surface area contributed by atoms with Gasteiger partial charge in [0, 0.05) is 18.0 Å². The van der Waals surface area contributed by atoms with Crippen LogP contribution in [0.3, 0.4) is 0 Å². The summed E-state index contributed by atoms with van der Waals surface area (Å²) in [5.41, 5.74) is 6.34. The molecule has 0 fully saturated rings. The molecule has 1 unspecified atom stereocenters. The fourth-order valence-corrected chi connectivity index (χ4v) is 1.83. The van der Waals surface area contributed by atoms with Gasteiger partial charge in [-0.2, -0.15) is 13.2 Å². The summed E-state index contributed by atoms with van der Waals surface area (Å²) in [6, 6.07) is 2.42. The lowest BCUT2D eigenvalue weighted by molar-refractivity contribution is -0.137. The SMILES string of the molecule is CC(/C(=C\Cl)CN)c1cc(F)cc(C(F)(F)F)c1.Cl. The van der Waals surface area contributed by atoms with Crippen molar-refractivity contribution in [3.8, 4) is 0 Å². The third-order valence-corrected chi connectivity index (χ3v) is 2.96.